The minimum absolute atomic E-state index is 0.462. The van der Waals surface area contributed by atoms with Crippen LogP contribution in [0.2, 0.25) is 0 Å². The van der Waals surface area contributed by atoms with Crippen molar-refractivity contribution in [3.8, 4) is 11.8 Å². The largest absolute Gasteiger partial charge is 0.472 e. The molecule has 1 rings (SSSR count). The van der Waals surface area contributed by atoms with Gasteiger partial charge < -0.3 is 10.2 Å². The van der Waals surface area contributed by atoms with Crippen molar-refractivity contribution in [2.75, 3.05) is 0 Å². The summed E-state index contributed by atoms with van der Waals surface area (Å²) in [6, 6.07) is 9.08. The highest BCUT2D eigenvalue weighted by atomic mass is 16.4. The summed E-state index contributed by atoms with van der Waals surface area (Å²) in [6.45, 7) is 2.18. The summed E-state index contributed by atoms with van der Waals surface area (Å²) in [7, 11) is 0. The van der Waals surface area contributed by atoms with Crippen molar-refractivity contribution < 1.29 is 15.0 Å². The number of aliphatic hydroxyl groups is 1. The highest BCUT2D eigenvalue weighted by Gasteiger charge is 2.26. The van der Waals surface area contributed by atoms with E-state index in [4.69, 9.17) is 5.11 Å². The Morgan fingerprint density at radius 3 is 2.33 bits per heavy atom. The molecule has 1 aromatic rings. The highest BCUT2D eigenvalue weighted by molar-refractivity contribution is 5.86. The molecule has 1 atom stereocenters. The average Bonchev–Trinajstić information content (AvgIpc) is 2.50. The Kier molecular flexibility index (Phi) is 7.56. The molecule has 0 aromatic heterocycles. The molecule has 0 radical (unpaired) electrons. The standard InChI is InChI=1S/C18H24O3/c1-2-3-4-5-6-10-14-18(21,15-13-17(19)20)16-11-8-7-9-12-16/h7-9,11-12,21H,2-6,10,14H2,1H3,(H,19,20). The number of hydrogen-bond donors (Lipinski definition) is 2. The molecule has 0 saturated carbocycles. The Labute approximate surface area is 127 Å². The lowest BCUT2D eigenvalue weighted by Crippen LogP contribution is -2.24. The van der Waals surface area contributed by atoms with Crippen molar-refractivity contribution in [1.82, 2.24) is 0 Å². The number of benzene rings is 1. The Bertz CT molecular complexity index is 484. The SMILES string of the molecule is CCCCCCCCC(O)(C#CC(=O)O)c1ccccc1. The fraction of sp³-hybridized carbons (Fsp3) is 0.500. The van der Waals surface area contributed by atoms with Crippen molar-refractivity contribution >= 4 is 5.97 Å². The van der Waals surface area contributed by atoms with Crippen LogP contribution in [0.4, 0.5) is 0 Å². The number of unbranched alkanes of at least 4 members (excludes halogenated alkanes) is 5. The number of carbonyl (C=O) groups is 1. The molecule has 1 unspecified atom stereocenters. The molecule has 0 heterocycles. The van der Waals surface area contributed by atoms with Crippen molar-refractivity contribution in [1.29, 1.82) is 0 Å². The summed E-state index contributed by atoms with van der Waals surface area (Å²) in [4.78, 5) is 10.6. The van der Waals surface area contributed by atoms with Gasteiger partial charge >= 0.3 is 5.97 Å². The van der Waals surface area contributed by atoms with Gasteiger partial charge in [0.25, 0.3) is 0 Å². The lowest BCUT2D eigenvalue weighted by Gasteiger charge is -2.22. The molecule has 2 N–H and O–H groups in total. The van der Waals surface area contributed by atoms with E-state index >= 15 is 0 Å². The normalized spacial score (nSPS) is 13.0. The van der Waals surface area contributed by atoms with Gasteiger partial charge in [-0.1, -0.05) is 75.3 Å². The van der Waals surface area contributed by atoms with Gasteiger partial charge in [0.05, 0.1) is 0 Å². The van der Waals surface area contributed by atoms with E-state index in [1.54, 1.807) is 12.1 Å². The van der Waals surface area contributed by atoms with Gasteiger partial charge in [0.2, 0.25) is 0 Å². The zero-order valence-corrected chi connectivity index (χ0v) is 12.6. The van der Waals surface area contributed by atoms with Crippen LogP contribution in [0.5, 0.6) is 0 Å². The van der Waals surface area contributed by atoms with E-state index in [2.05, 4.69) is 18.8 Å². The Morgan fingerprint density at radius 2 is 1.71 bits per heavy atom. The zero-order chi connectivity index (χ0) is 15.6. The van der Waals surface area contributed by atoms with Crippen LogP contribution in [0.15, 0.2) is 30.3 Å². The Hall–Kier alpha value is -1.79. The van der Waals surface area contributed by atoms with Gasteiger partial charge in [-0.25, -0.2) is 4.79 Å². The second-order valence-corrected chi connectivity index (χ2v) is 5.30. The minimum Gasteiger partial charge on any atom is -0.472 e. The maximum Gasteiger partial charge on any atom is 0.382 e. The monoisotopic (exact) mass is 288 g/mol. The van der Waals surface area contributed by atoms with Gasteiger partial charge in [-0.2, -0.15) is 0 Å². The first kappa shape index (κ1) is 17.3. The number of carboxylic acid groups (broad SMARTS) is 1. The summed E-state index contributed by atoms with van der Waals surface area (Å²) < 4.78 is 0. The summed E-state index contributed by atoms with van der Waals surface area (Å²) in [6.07, 6.45) is 7.13. The third-order valence-corrected chi connectivity index (χ3v) is 3.52. The summed E-state index contributed by atoms with van der Waals surface area (Å²) in [5.74, 6) is 3.37. The molecule has 0 saturated heterocycles. The van der Waals surface area contributed by atoms with Crippen LogP contribution in [0.3, 0.4) is 0 Å². The van der Waals surface area contributed by atoms with E-state index in [1.165, 1.54) is 19.3 Å². The first-order valence-electron chi connectivity index (χ1n) is 7.62. The summed E-state index contributed by atoms with van der Waals surface area (Å²) >= 11 is 0. The first-order chi connectivity index (χ1) is 10.1. The predicted octanol–water partition coefficient (Wildman–Crippen LogP) is 3.71. The molecule has 0 aliphatic rings. The smallest absolute Gasteiger partial charge is 0.382 e. The molecule has 3 heteroatoms. The van der Waals surface area contributed by atoms with E-state index in [9.17, 15) is 9.90 Å². The fourth-order valence-corrected chi connectivity index (χ4v) is 2.31. The van der Waals surface area contributed by atoms with Crippen LogP contribution < -0.4 is 0 Å². The van der Waals surface area contributed by atoms with E-state index < -0.39 is 11.6 Å². The topological polar surface area (TPSA) is 57.5 Å². The molecule has 0 bridgehead atoms. The van der Waals surface area contributed by atoms with Gasteiger partial charge in [0, 0.05) is 5.92 Å². The lowest BCUT2D eigenvalue weighted by molar-refractivity contribution is -0.130. The molecular formula is C18H24O3. The maximum absolute atomic E-state index is 10.7. The van der Waals surface area contributed by atoms with Crippen LogP contribution in [0, 0.1) is 11.8 Å². The number of carboxylic acids is 1. The van der Waals surface area contributed by atoms with E-state index in [0.29, 0.717) is 12.0 Å². The molecule has 0 aliphatic carbocycles. The van der Waals surface area contributed by atoms with Crippen LogP contribution in [0.1, 0.15) is 57.4 Å². The van der Waals surface area contributed by atoms with Gasteiger partial charge in [0.15, 0.2) is 5.60 Å². The third-order valence-electron chi connectivity index (χ3n) is 3.52. The molecule has 3 nitrogen and oxygen atoms in total. The number of aliphatic carboxylic acids is 1. The van der Waals surface area contributed by atoms with Crippen LogP contribution >= 0.6 is 0 Å². The Morgan fingerprint density at radius 1 is 1.10 bits per heavy atom. The molecular weight excluding hydrogens is 264 g/mol. The summed E-state index contributed by atoms with van der Waals surface area (Å²) in [5.41, 5.74) is -0.711. The molecule has 0 aliphatic heterocycles. The predicted molar refractivity (Wildman–Crippen MR) is 83.7 cm³/mol. The molecule has 0 spiro atoms. The van der Waals surface area contributed by atoms with Crippen molar-refractivity contribution in [3.63, 3.8) is 0 Å². The van der Waals surface area contributed by atoms with E-state index in [1.807, 2.05) is 18.2 Å². The van der Waals surface area contributed by atoms with Gasteiger partial charge in [-0.3, -0.25) is 0 Å². The van der Waals surface area contributed by atoms with Gasteiger partial charge in [0.1, 0.15) is 0 Å². The number of rotatable bonds is 8. The van der Waals surface area contributed by atoms with Crippen molar-refractivity contribution in [3.05, 3.63) is 35.9 Å². The van der Waals surface area contributed by atoms with Crippen LogP contribution in [-0.4, -0.2) is 16.2 Å². The minimum atomic E-state index is -1.37. The number of hydrogen-bond acceptors (Lipinski definition) is 2. The highest BCUT2D eigenvalue weighted by Crippen LogP contribution is 2.27. The fourth-order valence-electron chi connectivity index (χ4n) is 2.31. The van der Waals surface area contributed by atoms with E-state index in [-0.39, 0.29) is 0 Å². The summed E-state index contributed by atoms with van der Waals surface area (Å²) in [5, 5.41) is 19.4. The quantitative estimate of drug-likeness (QED) is 0.566. The van der Waals surface area contributed by atoms with Crippen molar-refractivity contribution in [2.45, 2.75) is 57.5 Å². The van der Waals surface area contributed by atoms with Gasteiger partial charge in [-0.15, -0.1) is 0 Å². The Balaban J connectivity index is 2.66. The zero-order valence-electron chi connectivity index (χ0n) is 12.6. The van der Waals surface area contributed by atoms with Crippen LogP contribution in [0.25, 0.3) is 0 Å². The molecule has 0 fully saturated rings. The average molecular weight is 288 g/mol. The molecule has 21 heavy (non-hydrogen) atoms. The molecule has 1 aromatic carbocycles. The molecule has 114 valence electrons. The van der Waals surface area contributed by atoms with Crippen LogP contribution in [-0.2, 0) is 10.4 Å². The van der Waals surface area contributed by atoms with Crippen molar-refractivity contribution in [2.24, 2.45) is 0 Å². The second kappa shape index (κ2) is 9.20. The first-order valence-corrected chi connectivity index (χ1v) is 7.62. The lowest BCUT2D eigenvalue weighted by atomic mass is 9.88. The maximum atomic E-state index is 10.7. The third kappa shape index (κ3) is 6.46. The second-order valence-electron chi connectivity index (χ2n) is 5.30. The van der Waals surface area contributed by atoms with E-state index in [0.717, 1.165) is 19.3 Å². The van der Waals surface area contributed by atoms with Gasteiger partial charge in [-0.05, 0) is 18.4 Å². The molecule has 0 amide bonds.